The molecule has 0 aromatic carbocycles. The van der Waals surface area contributed by atoms with Gasteiger partial charge in [-0.15, -0.1) is 0 Å². The third-order valence-electron chi connectivity index (χ3n) is 1.70. The van der Waals surface area contributed by atoms with Gasteiger partial charge in [-0.25, -0.2) is 4.79 Å². The van der Waals surface area contributed by atoms with E-state index in [1.807, 2.05) is 0 Å². The van der Waals surface area contributed by atoms with Crippen LogP contribution in [-0.2, 0) is 19.1 Å². The van der Waals surface area contributed by atoms with Crippen LogP contribution in [-0.4, -0.2) is 51.8 Å². The van der Waals surface area contributed by atoms with Crippen LogP contribution in [0.3, 0.4) is 0 Å². The van der Waals surface area contributed by atoms with Crippen LogP contribution in [0.25, 0.3) is 0 Å². The third kappa shape index (κ3) is 6.87. The quantitative estimate of drug-likeness (QED) is 0.419. The summed E-state index contributed by atoms with van der Waals surface area (Å²) in [6.45, 7) is 2.86. The monoisotopic (exact) mass is 218 g/mol. The summed E-state index contributed by atoms with van der Waals surface area (Å²) in [6, 6.07) is -0.619. The second kappa shape index (κ2) is 8.19. The fourth-order valence-corrected chi connectivity index (χ4v) is 0.904. The van der Waals surface area contributed by atoms with E-state index in [0.29, 0.717) is 13.2 Å². The molecule has 0 aliphatic rings. The van der Waals surface area contributed by atoms with Gasteiger partial charge < -0.3 is 20.1 Å². The summed E-state index contributed by atoms with van der Waals surface area (Å²) in [5.74, 6) is -0.704. The molecule has 0 saturated carbocycles. The maximum atomic E-state index is 11.2. The van der Waals surface area contributed by atoms with Gasteiger partial charge in [0.25, 0.3) is 0 Å². The molecule has 0 unspecified atom stereocenters. The highest BCUT2D eigenvalue weighted by Gasteiger charge is 2.14. The Hall–Kier alpha value is -1.14. The molecule has 2 N–H and O–H groups in total. The number of nitrogens with one attached hydrogen (secondary N) is 2. The normalized spacial score (nSPS) is 11.9. The molecule has 1 amide bonds. The van der Waals surface area contributed by atoms with E-state index >= 15 is 0 Å². The highest BCUT2D eigenvalue weighted by Crippen LogP contribution is 1.84. The van der Waals surface area contributed by atoms with Crippen molar-refractivity contribution < 1.29 is 19.1 Å². The summed E-state index contributed by atoms with van der Waals surface area (Å²) < 4.78 is 9.25. The Kier molecular flexibility index (Phi) is 7.57. The first kappa shape index (κ1) is 13.9. The van der Waals surface area contributed by atoms with Gasteiger partial charge in [-0.1, -0.05) is 0 Å². The summed E-state index contributed by atoms with van der Waals surface area (Å²) in [6.07, 6.45) is 0. The number of esters is 1. The molecule has 0 aromatic rings. The number of methoxy groups -OCH3 is 2. The maximum absolute atomic E-state index is 11.2. The topological polar surface area (TPSA) is 76.7 Å². The van der Waals surface area contributed by atoms with Gasteiger partial charge >= 0.3 is 5.97 Å². The van der Waals surface area contributed by atoms with Gasteiger partial charge in [0.1, 0.15) is 6.04 Å². The van der Waals surface area contributed by atoms with Crippen LogP contribution in [0, 0.1) is 0 Å². The van der Waals surface area contributed by atoms with Gasteiger partial charge in [0.15, 0.2) is 0 Å². The Labute approximate surface area is 89.3 Å². The average Bonchev–Trinajstić information content (AvgIpc) is 2.23. The molecule has 0 fully saturated rings. The molecule has 0 aromatic heterocycles. The van der Waals surface area contributed by atoms with Crippen LogP contribution in [0.15, 0.2) is 0 Å². The van der Waals surface area contributed by atoms with E-state index in [0.717, 1.165) is 0 Å². The van der Waals surface area contributed by atoms with Crippen molar-refractivity contribution in [1.29, 1.82) is 0 Å². The van der Waals surface area contributed by atoms with Crippen molar-refractivity contribution in [1.82, 2.24) is 10.6 Å². The molecule has 0 aliphatic heterocycles. The van der Waals surface area contributed by atoms with Crippen molar-refractivity contribution in [3.63, 3.8) is 0 Å². The molecule has 0 rings (SSSR count). The SMILES string of the molecule is COCCNCC(=O)N[C@H](C)C(=O)OC. The predicted octanol–water partition coefficient (Wildman–Crippen LogP) is -1.10. The first-order chi connectivity index (χ1) is 7.11. The Balaban J connectivity index is 3.60. The first-order valence-corrected chi connectivity index (χ1v) is 4.68. The molecular formula is C9H18N2O4. The lowest BCUT2D eigenvalue weighted by atomic mass is 10.3. The van der Waals surface area contributed by atoms with E-state index in [1.165, 1.54) is 7.11 Å². The third-order valence-corrected chi connectivity index (χ3v) is 1.70. The Bertz CT molecular complexity index is 208. The van der Waals surface area contributed by atoms with Crippen LogP contribution in [0.4, 0.5) is 0 Å². The van der Waals surface area contributed by atoms with Crippen molar-refractivity contribution in [2.75, 3.05) is 33.9 Å². The van der Waals surface area contributed by atoms with E-state index in [2.05, 4.69) is 15.4 Å². The Morgan fingerprint density at radius 1 is 1.33 bits per heavy atom. The highest BCUT2D eigenvalue weighted by molar-refractivity contribution is 5.85. The standard InChI is InChI=1S/C9H18N2O4/c1-7(9(13)15-3)11-8(12)6-10-4-5-14-2/h7,10H,4-6H2,1-3H3,(H,11,12)/t7-/m1/s1. The number of ether oxygens (including phenoxy) is 2. The van der Waals surface area contributed by atoms with Crippen molar-refractivity contribution in [2.45, 2.75) is 13.0 Å². The number of hydrogen-bond donors (Lipinski definition) is 2. The lowest BCUT2D eigenvalue weighted by Crippen LogP contribution is -2.43. The van der Waals surface area contributed by atoms with Gasteiger partial charge in [0.2, 0.25) is 5.91 Å². The summed E-state index contributed by atoms with van der Waals surface area (Å²) in [5, 5.41) is 5.35. The number of rotatable bonds is 7. The van der Waals surface area contributed by atoms with Crippen LogP contribution < -0.4 is 10.6 Å². The fourth-order valence-electron chi connectivity index (χ4n) is 0.904. The minimum absolute atomic E-state index is 0.157. The summed E-state index contributed by atoms with van der Waals surface area (Å²) in [4.78, 5) is 22.2. The molecule has 88 valence electrons. The van der Waals surface area contributed by atoms with Gasteiger partial charge in [-0.05, 0) is 6.92 Å². The number of amides is 1. The van der Waals surface area contributed by atoms with Crippen LogP contribution >= 0.6 is 0 Å². The van der Waals surface area contributed by atoms with E-state index in [-0.39, 0.29) is 12.5 Å². The van der Waals surface area contributed by atoms with Crippen molar-refractivity contribution in [3.8, 4) is 0 Å². The highest BCUT2D eigenvalue weighted by atomic mass is 16.5. The smallest absolute Gasteiger partial charge is 0.328 e. The first-order valence-electron chi connectivity index (χ1n) is 4.68. The van der Waals surface area contributed by atoms with Crippen LogP contribution in [0.5, 0.6) is 0 Å². The molecule has 1 atom stereocenters. The summed E-state index contributed by atoms with van der Waals surface area (Å²) in [7, 11) is 2.86. The average molecular weight is 218 g/mol. The largest absolute Gasteiger partial charge is 0.467 e. The minimum Gasteiger partial charge on any atom is -0.467 e. The summed E-state index contributed by atoms with van der Waals surface area (Å²) in [5.41, 5.74) is 0. The molecular weight excluding hydrogens is 200 g/mol. The zero-order valence-electron chi connectivity index (χ0n) is 9.33. The Morgan fingerprint density at radius 2 is 2.00 bits per heavy atom. The fraction of sp³-hybridized carbons (Fsp3) is 0.778. The van der Waals surface area contributed by atoms with Crippen molar-refractivity contribution in [2.24, 2.45) is 0 Å². The lowest BCUT2D eigenvalue weighted by molar-refractivity contribution is -0.144. The second-order valence-corrected chi connectivity index (χ2v) is 2.98. The molecule has 15 heavy (non-hydrogen) atoms. The van der Waals surface area contributed by atoms with E-state index in [9.17, 15) is 9.59 Å². The van der Waals surface area contributed by atoms with Crippen LogP contribution in [0.2, 0.25) is 0 Å². The van der Waals surface area contributed by atoms with E-state index in [4.69, 9.17) is 4.74 Å². The number of hydrogen-bond acceptors (Lipinski definition) is 5. The molecule has 0 spiro atoms. The molecule has 0 heterocycles. The maximum Gasteiger partial charge on any atom is 0.328 e. The summed E-state index contributed by atoms with van der Waals surface area (Å²) >= 11 is 0. The molecule has 6 nitrogen and oxygen atoms in total. The van der Waals surface area contributed by atoms with E-state index in [1.54, 1.807) is 14.0 Å². The molecule has 0 saturated heterocycles. The molecule has 0 bridgehead atoms. The van der Waals surface area contributed by atoms with Gasteiger partial charge in [-0.3, -0.25) is 4.79 Å². The molecule has 0 aliphatic carbocycles. The molecule has 0 radical (unpaired) electrons. The van der Waals surface area contributed by atoms with Gasteiger partial charge in [0.05, 0.1) is 20.3 Å². The number of carbonyl (C=O) groups excluding carboxylic acids is 2. The zero-order chi connectivity index (χ0) is 11.7. The predicted molar refractivity (Wildman–Crippen MR) is 54.4 cm³/mol. The van der Waals surface area contributed by atoms with Crippen molar-refractivity contribution >= 4 is 11.9 Å². The van der Waals surface area contributed by atoms with Gasteiger partial charge in [-0.2, -0.15) is 0 Å². The van der Waals surface area contributed by atoms with Gasteiger partial charge in [0, 0.05) is 13.7 Å². The zero-order valence-corrected chi connectivity index (χ0v) is 9.33. The van der Waals surface area contributed by atoms with Crippen LogP contribution in [0.1, 0.15) is 6.92 Å². The van der Waals surface area contributed by atoms with E-state index < -0.39 is 12.0 Å². The molecule has 6 heteroatoms. The minimum atomic E-state index is -0.619. The van der Waals surface area contributed by atoms with Crippen molar-refractivity contribution in [3.05, 3.63) is 0 Å². The lowest BCUT2D eigenvalue weighted by Gasteiger charge is -2.11. The number of carbonyl (C=O) groups is 2. The second-order valence-electron chi connectivity index (χ2n) is 2.98. The Morgan fingerprint density at radius 3 is 2.53 bits per heavy atom.